The van der Waals surface area contributed by atoms with E-state index in [1.54, 1.807) is 32.0 Å². The van der Waals surface area contributed by atoms with Gasteiger partial charge in [0.05, 0.1) is 10.5 Å². The van der Waals surface area contributed by atoms with Crippen molar-refractivity contribution in [2.45, 2.75) is 13.8 Å². The second kappa shape index (κ2) is 8.48. The summed E-state index contributed by atoms with van der Waals surface area (Å²) >= 11 is 6.14. The van der Waals surface area contributed by atoms with E-state index in [1.165, 1.54) is 18.5 Å². The molecule has 2 heterocycles. The first-order chi connectivity index (χ1) is 13.9. The molecule has 0 aliphatic carbocycles. The number of benzene rings is 1. The molecule has 0 bridgehead atoms. The van der Waals surface area contributed by atoms with Crippen LogP contribution in [0.5, 0.6) is 11.6 Å². The third-order valence-corrected chi connectivity index (χ3v) is 4.41. The van der Waals surface area contributed by atoms with E-state index in [-0.39, 0.29) is 17.3 Å². The van der Waals surface area contributed by atoms with Gasteiger partial charge in [0.25, 0.3) is 5.91 Å². The second-order valence-electron chi connectivity index (χ2n) is 5.93. The number of amides is 1. The summed E-state index contributed by atoms with van der Waals surface area (Å²) in [5, 5.41) is 12.2. The van der Waals surface area contributed by atoms with Gasteiger partial charge in [-0.2, -0.15) is 4.98 Å². The van der Waals surface area contributed by atoms with Crippen LogP contribution >= 0.6 is 11.6 Å². The summed E-state index contributed by atoms with van der Waals surface area (Å²) < 4.78 is 5.61. The Hall–Kier alpha value is -3.79. The van der Waals surface area contributed by atoms with Crippen molar-refractivity contribution < 1.29 is 14.5 Å². The van der Waals surface area contributed by atoms with Gasteiger partial charge in [-0.05, 0) is 49.2 Å². The fourth-order valence-corrected chi connectivity index (χ4v) is 2.56. The molecular weight excluding hydrogens is 400 g/mol. The number of carbonyl (C=O) groups excluding carboxylic acids is 1. The van der Waals surface area contributed by atoms with Gasteiger partial charge in [-0.3, -0.25) is 30.7 Å². The lowest BCUT2D eigenvalue weighted by molar-refractivity contribution is -0.385. The molecule has 148 valence electrons. The van der Waals surface area contributed by atoms with E-state index < -0.39 is 16.5 Å². The SMILES string of the molecule is Cc1cc(Oc2ncnc(NNC(=O)c3cccnc3)c2[N+](=O)[O-])cc(C)c1Cl. The van der Waals surface area contributed by atoms with Crippen LogP contribution in [0.3, 0.4) is 0 Å². The molecule has 10 nitrogen and oxygen atoms in total. The largest absolute Gasteiger partial charge is 0.434 e. The minimum Gasteiger partial charge on any atom is -0.434 e. The standard InChI is InChI=1S/C18H15ClN6O4/c1-10-6-13(7-11(2)14(10)19)29-18-15(25(27)28)16(21-9-22-18)23-24-17(26)12-4-3-5-20-8-12/h3-9H,1-2H3,(H,24,26)(H,21,22,23). The highest BCUT2D eigenvalue weighted by atomic mass is 35.5. The molecule has 0 fully saturated rings. The molecule has 0 spiro atoms. The number of anilines is 1. The van der Waals surface area contributed by atoms with Gasteiger partial charge in [0.2, 0.25) is 5.82 Å². The zero-order valence-corrected chi connectivity index (χ0v) is 16.1. The van der Waals surface area contributed by atoms with Crippen molar-refractivity contribution >= 4 is 29.0 Å². The predicted molar refractivity (Wildman–Crippen MR) is 105 cm³/mol. The van der Waals surface area contributed by atoms with Gasteiger partial charge in [0.15, 0.2) is 0 Å². The van der Waals surface area contributed by atoms with Crippen molar-refractivity contribution in [1.29, 1.82) is 0 Å². The molecule has 11 heteroatoms. The summed E-state index contributed by atoms with van der Waals surface area (Å²) in [6.45, 7) is 3.58. The van der Waals surface area contributed by atoms with Gasteiger partial charge >= 0.3 is 11.6 Å². The Balaban J connectivity index is 1.86. The number of aromatic nitrogens is 3. The van der Waals surface area contributed by atoms with E-state index in [9.17, 15) is 14.9 Å². The van der Waals surface area contributed by atoms with Gasteiger partial charge in [-0.25, -0.2) is 4.98 Å². The molecule has 1 aromatic carbocycles. The number of aryl methyl sites for hydroxylation is 2. The molecule has 3 aromatic rings. The van der Waals surface area contributed by atoms with Crippen LogP contribution in [0.1, 0.15) is 21.5 Å². The third kappa shape index (κ3) is 4.55. The molecule has 1 amide bonds. The second-order valence-corrected chi connectivity index (χ2v) is 6.31. The lowest BCUT2D eigenvalue weighted by Crippen LogP contribution is -2.30. The predicted octanol–water partition coefficient (Wildman–Crippen LogP) is 3.60. The van der Waals surface area contributed by atoms with Crippen LogP contribution in [0.15, 0.2) is 43.0 Å². The van der Waals surface area contributed by atoms with E-state index in [4.69, 9.17) is 16.3 Å². The Labute approximate surface area is 170 Å². The van der Waals surface area contributed by atoms with Crippen LogP contribution < -0.4 is 15.6 Å². The molecule has 0 saturated heterocycles. The third-order valence-electron chi connectivity index (χ3n) is 3.81. The number of hydrogen-bond donors (Lipinski definition) is 2. The van der Waals surface area contributed by atoms with Crippen molar-refractivity contribution in [1.82, 2.24) is 20.4 Å². The minimum absolute atomic E-state index is 0.236. The van der Waals surface area contributed by atoms with Gasteiger partial charge in [0, 0.05) is 17.4 Å². The number of rotatable bonds is 6. The first-order valence-corrected chi connectivity index (χ1v) is 8.65. The smallest absolute Gasteiger partial charge is 0.374 e. The molecule has 0 atom stereocenters. The number of halogens is 1. The van der Waals surface area contributed by atoms with E-state index in [1.807, 2.05) is 0 Å². The Kier molecular flexibility index (Phi) is 5.84. The van der Waals surface area contributed by atoms with Gasteiger partial charge in [0.1, 0.15) is 12.1 Å². The van der Waals surface area contributed by atoms with Crippen LogP contribution in [0.25, 0.3) is 0 Å². The summed E-state index contributed by atoms with van der Waals surface area (Å²) in [5.74, 6) is -0.738. The molecule has 2 aromatic heterocycles. The van der Waals surface area contributed by atoms with Gasteiger partial charge < -0.3 is 4.74 Å². The van der Waals surface area contributed by atoms with Crippen molar-refractivity contribution in [2.75, 3.05) is 5.43 Å². The highest BCUT2D eigenvalue weighted by Gasteiger charge is 2.26. The number of nitrogens with zero attached hydrogens (tertiary/aromatic N) is 4. The van der Waals surface area contributed by atoms with E-state index in [2.05, 4.69) is 25.8 Å². The Morgan fingerprint density at radius 2 is 1.97 bits per heavy atom. The van der Waals surface area contributed by atoms with E-state index >= 15 is 0 Å². The first-order valence-electron chi connectivity index (χ1n) is 8.27. The average Bonchev–Trinajstić information content (AvgIpc) is 2.70. The maximum absolute atomic E-state index is 12.1. The first kappa shape index (κ1) is 20.0. The number of ether oxygens (including phenoxy) is 1. The Morgan fingerprint density at radius 3 is 2.59 bits per heavy atom. The summed E-state index contributed by atoms with van der Waals surface area (Å²) in [6, 6.07) is 6.40. The van der Waals surface area contributed by atoms with E-state index in [0.29, 0.717) is 10.8 Å². The summed E-state index contributed by atoms with van der Waals surface area (Å²) in [7, 11) is 0. The molecule has 0 unspecified atom stereocenters. The van der Waals surface area contributed by atoms with Crippen LogP contribution in [0, 0.1) is 24.0 Å². The quantitative estimate of drug-likeness (QED) is 0.461. The maximum atomic E-state index is 12.1. The van der Waals surface area contributed by atoms with Crippen LogP contribution in [0.2, 0.25) is 5.02 Å². The normalized spacial score (nSPS) is 10.3. The molecular formula is C18H15ClN6O4. The highest BCUT2D eigenvalue weighted by molar-refractivity contribution is 6.32. The molecule has 0 radical (unpaired) electrons. The number of hydrazine groups is 1. The maximum Gasteiger partial charge on any atom is 0.374 e. The summed E-state index contributed by atoms with van der Waals surface area (Å²) in [5.41, 5.74) is 5.99. The number of nitro groups is 1. The lowest BCUT2D eigenvalue weighted by atomic mass is 10.1. The lowest BCUT2D eigenvalue weighted by Gasteiger charge is -2.11. The Morgan fingerprint density at radius 1 is 1.24 bits per heavy atom. The number of hydrogen-bond acceptors (Lipinski definition) is 8. The molecule has 0 aliphatic rings. The highest BCUT2D eigenvalue weighted by Crippen LogP contribution is 2.35. The van der Waals surface area contributed by atoms with Crippen LogP contribution in [0.4, 0.5) is 11.5 Å². The van der Waals surface area contributed by atoms with Crippen molar-refractivity contribution in [3.63, 3.8) is 0 Å². The van der Waals surface area contributed by atoms with Crippen molar-refractivity contribution in [2.24, 2.45) is 0 Å². The van der Waals surface area contributed by atoms with Gasteiger partial charge in [-0.1, -0.05) is 11.6 Å². The van der Waals surface area contributed by atoms with Crippen LogP contribution in [-0.4, -0.2) is 25.8 Å². The Bertz CT molecular complexity index is 1050. The molecule has 0 aliphatic heterocycles. The fraction of sp³-hybridized carbons (Fsp3) is 0.111. The van der Waals surface area contributed by atoms with E-state index in [0.717, 1.165) is 17.5 Å². The molecule has 2 N–H and O–H groups in total. The van der Waals surface area contributed by atoms with Crippen molar-refractivity contribution in [3.05, 3.63) is 74.8 Å². The average molecular weight is 415 g/mol. The topological polar surface area (TPSA) is 132 Å². The minimum atomic E-state index is -0.705. The number of pyridine rings is 1. The monoisotopic (exact) mass is 414 g/mol. The molecule has 0 saturated carbocycles. The van der Waals surface area contributed by atoms with Crippen LogP contribution in [-0.2, 0) is 0 Å². The number of nitrogens with one attached hydrogen (secondary N) is 2. The van der Waals surface area contributed by atoms with Crippen molar-refractivity contribution in [3.8, 4) is 11.6 Å². The van der Waals surface area contributed by atoms with Gasteiger partial charge in [-0.15, -0.1) is 0 Å². The molecule has 29 heavy (non-hydrogen) atoms. The fourth-order valence-electron chi connectivity index (χ4n) is 2.46. The molecule has 3 rings (SSSR count). The number of carbonyl (C=O) groups is 1. The summed E-state index contributed by atoms with van der Waals surface area (Å²) in [4.78, 5) is 34.5. The zero-order valence-electron chi connectivity index (χ0n) is 15.3. The zero-order chi connectivity index (χ0) is 21.0. The summed E-state index contributed by atoms with van der Waals surface area (Å²) in [6.07, 6.45) is 3.95.